The lowest BCUT2D eigenvalue weighted by molar-refractivity contribution is -0.123. The number of amides is 1. The predicted octanol–water partition coefficient (Wildman–Crippen LogP) is 3.44. The fraction of sp³-hybridized carbons (Fsp3) is 0.458. The SMILES string of the molecule is CC(C)(C)c1ccc(OCC(=O)NCCN2CCN(c3ccc(F)cc3)CC2)cc1. The maximum absolute atomic E-state index is 13.1. The van der Waals surface area contributed by atoms with Crippen LogP contribution in [0.4, 0.5) is 10.1 Å². The Morgan fingerprint density at radius 1 is 1.00 bits per heavy atom. The highest BCUT2D eigenvalue weighted by Gasteiger charge is 2.17. The summed E-state index contributed by atoms with van der Waals surface area (Å²) in [6, 6.07) is 14.5. The first-order valence-electron chi connectivity index (χ1n) is 10.5. The van der Waals surface area contributed by atoms with E-state index in [2.05, 4.69) is 35.9 Å². The largest absolute Gasteiger partial charge is 0.484 e. The van der Waals surface area contributed by atoms with Crippen LogP contribution in [0.5, 0.6) is 5.75 Å². The third kappa shape index (κ3) is 6.46. The number of hydrogen-bond donors (Lipinski definition) is 1. The van der Waals surface area contributed by atoms with Gasteiger partial charge in [-0.05, 0) is 47.4 Å². The Balaban J connectivity index is 1.32. The Kier molecular flexibility index (Phi) is 7.32. The van der Waals surface area contributed by atoms with Crippen LogP contribution in [0.25, 0.3) is 0 Å². The lowest BCUT2D eigenvalue weighted by atomic mass is 9.87. The van der Waals surface area contributed by atoms with Gasteiger partial charge in [0, 0.05) is 45.0 Å². The van der Waals surface area contributed by atoms with Crippen molar-refractivity contribution >= 4 is 11.6 Å². The number of nitrogens with zero attached hydrogens (tertiary/aromatic N) is 2. The summed E-state index contributed by atoms with van der Waals surface area (Å²) < 4.78 is 18.7. The summed E-state index contributed by atoms with van der Waals surface area (Å²) in [5.74, 6) is 0.383. The van der Waals surface area contributed by atoms with Crippen molar-refractivity contribution in [1.82, 2.24) is 10.2 Å². The quantitative estimate of drug-likeness (QED) is 0.755. The van der Waals surface area contributed by atoms with Gasteiger partial charge in [0.1, 0.15) is 11.6 Å². The molecule has 2 aromatic carbocycles. The minimum Gasteiger partial charge on any atom is -0.484 e. The fourth-order valence-corrected chi connectivity index (χ4v) is 3.49. The van der Waals surface area contributed by atoms with E-state index in [1.54, 1.807) is 0 Å². The van der Waals surface area contributed by atoms with Gasteiger partial charge in [0.25, 0.3) is 5.91 Å². The molecule has 1 amide bonds. The lowest BCUT2D eigenvalue weighted by Gasteiger charge is -2.36. The van der Waals surface area contributed by atoms with Gasteiger partial charge in [0.05, 0.1) is 0 Å². The molecule has 5 nitrogen and oxygen atoms in total. The number of benzene rings is 2. The zero-order chi connectivity index (χ0) is 21.6. The van der Waals surface area contributed by atoms with E-state index in [0.29, 0.717) is 12.3 Å². The number of piperazine rings is 1. The van der Waals surface area contributed by atoms with Crippen LogP contribution in [-0.2, 0) is 10.2 Å². The van der Waals surface area contributed by atoms with Crippen molar-refractivity contribution < 1.29 is 13.9 Å². The van der Waals surface area contributed by atoms with Gasteiger partial charge in [-0.2, -0.15) is 0 Å². The van der Waals surface area contributed by atoms with E-state index in [0.717, 1.165) is 38.4 Å². The maximum Gasteiger partial charge on any atom is 0.257 e. The molecule has 1 aliphatic heterocycles. The molecule has 1 heterocycles. The summed E-state index contributed by atoms with van der Waals surface area (Å²) in [4.78, 5) is 16.6. The Morgan fingerprint density at radius 2 is 1.63 bits per heavy atom. The number of carbonyl (C=O) groups is 1. The Labute approximate surface area is 178 Å². The smallest absolute Gasteiger partial charge is 0.257 e. The fourth-order valence-electron chi connectivity index (χ4n) is 3.49. The summed E-state index contributed by atoms with van der Waals surface area (Å²) in [5.41, 5.74) is 2.39. The van der Waals surface area contributed by atoms with Gasteiger partial charge in [-0.3, -0.25) is 9.69 Å². The van der Waals surface area contributed by atoms with Crippen LogP contribution in [0.1, 0.15) is 26.3 Å². The van der Waals surface area contributed by atoms with Crippen LogP contribution in [0.3, 0.4) is 0 Å². The second-order valence-corrected chi connectivity index (χ2v) is 8.72. The standard InChI is InChI=1S/C24H32FN3O2/c1-24(2,3)19-4-10-22(11-5-19)30-18-23(29)26-12-13-27-14-16-28(17-15-27)21-8-6-20(25)7-9-21/h4-11H,12-18H2,1-3H3,(H,26,29). The Morgan fingerprint density at radius 3 is 2.23 bits per heavy atom. The second-order valence-electron chi connectivity index (χ2n) is 8.72. The molecule has 0 unspecified atom stereocenters. The van der Waals surface area contributed by atoms with E-state index in [4.69, 9.17) is 4.74 Å². The molecular weight excluding hydrogens is 381 g/mol. The van der Waals surface area contributed by atoms with Crippen molar-refractivity contribution in [1.29, 1.82) is 0 Å². The number of halogens is 1. The van der Waals surface area contributed by atoms with Crippen molar-refractivity contribution in [2.75, 3.05) is 50.8 Å². The van der Waals surface area contributed by atoms with E-state index in [-0.39, 0.29) is 23.7 Å². The average molecular weight is 414 g/mol. The van der Waals surface area contributed by atoms with Gasteiger partial charge >= 0.3 is 0 Å². The zero-order valence-electron chi connectivity index (χ0n) is 18.2. The van der Waals surface area contributed by atoms with Gasteiger partial charge in [-0.25, -0.2) is 4.39 Å². The number of ether oxygens (including phenoxy) is 1. The number of hydrogen-bond acceptors (Lipinski definition) is 4. The summed E-state index contributed by atoms with van der Waals surface area (Å²) in [6.45, 7) is 11.6. The van der Waals surface area contributed by atoms with Gasteiger partial charge in [0.15, 0.2) is 6.61 Å². The molecule has 0 atom stereocenters. The first kappa shape index (κ1) is 22.1. The Hall–Kier alpha value is -2.60. The van der Waals surface area contributed by atoms with Crippen molar-refractivity contribution in [3.8, 4) is 5.75 Å². The highest BCUT2D eigenvalue weighted by atomic mass is 19.1. The summed E-state index contributed by atoms with van der Waals surface area (Å²) in [7, 11) is 0. The molecule has 0 spiro atoms. The predicted molar refractivity (Wildman–Crippen MR) is 119 cm³/mol. The molecule has 6 heteroatoms. The molecule has 3 rings (SSSR count). The minimum absolute atomic E-state index is 0.0210. The average Bonchev–Trinajstić information content (AvgIpc) is 2.73. The second kappa shape index (κ2) is 9.94. The van der Waals surface area contributed by atoms with Crippen LogP contribution < -0.4 is 15.0 Å². The van der Waals surface area contributed by atoms with Crippen molar-refractivity contribution in [3.05, 3.63) is 59.9 Å². The van der Waals surface area contributed by atoms with E-state index in [9.17, 15) is 9.18 Å². The third-order valence-corrected chi connectivity index (χ3v) is 5.40. The van der Waals surface area contributed by atoms with Crippen LogP contribution >= 0.6 is 0 Å². The van der Waals surface area contributed by atoms with E-state index >= 15 is 0 Å². The Bertz CT molecular complexity index is 808. The molecule has 0 aromatic heterocycles. The first-order valence-corrected chi connectivity index (χ1v) is 10.5. The highest BCUT2D eigenvalue weighted by molar-refractivity contribution is 5.77. The molecule has 1 saturated heterocycles. The topological polar surface area (TPSA) is 44.8 Å². The number of anilines is 1. The van der Waals surface area contributed by atoms with Crippen LogP contribution in [-0.4, -0.2) is 56.7 Å². The van der Waals surface area contributed by atoms with Crippen LogP contribution in [0.2, 0.25) is 0 Å². The molecule has 1 aliphatic rings. The molecule has 30 heavy (non-hydrogen) atoms. The van der Waals surface area contributed by atoms with Crippen LogP contribution in [0.15, 0.2) is 48.5 Å². The highest BCUT2D eigenvalue weighted by Crippen LogP contribution is 2.24. The van der Waals surface area contributed by atoms with Crippen molar-refractivity contribution in [2.24, 2.45) is 0 Å². The molecule has 0 bridgehead atoms. The third-order valence-electron chi connectivity index (χ3n) is 5.40. The lowest BCUT2D eigenvalue weighted by Crippen LogP contribution is -2.48. The summed E-state index contributed by atoms with van der Waals surface area (Å²) in [5, 5.41) is 2.92. The van der Waals surface area contributed by atoms with Crippen LogP contribution in [0, 0.1) is 5.82 Å². The van der Waals surface area contributed by atoms with Gasteiger partial charge in [-0.1, -0.05) is 32.9 Å². The number of rotatable bonds is 7. The van der Waals surface area contributed by atoms with Gasteiger partial charge < -0.3 is 15.0 Å². The summed E-state index contributed by atoms with van der Waals surface area (Å²) >= 11 is 0. The molecule has 1 N–H and O–H groups in total. The van der Waals surface area contributed by atoms with E-state index in [1.807, 2.05) is 36.4 Å². The molecule has 0 aliphatic carbocycles. The van der Waals surface area contributed by atoms with E-state index in [1.165, 1.54) is 17.7 Å². The summed E-state index contributed by atoms with van der Waals surface area (Å²) in [6.07, 6.45) is 0. The monoisotopic (exact) mass is 413 g/mol. The van der Waals surface area contributed by atoms with Crippen molar-refractivity contribution in [3.63, 3.8) is 0 Å². The number of carbonyl (C=O) groups excluding carboxylic acids is 1. The molecule has 162 valence electrons. The zero-order valence-corrected chi connectivity index (χ0v) is 18.2. The molecule has 2 aromatic rings. The molecule has 0 radical (unpaired) electrons. The minimum atomic E-state index is -0.209. The molecule has 1 fully saturated rings. The van der Waals surface area contributed by atoms with E-state index < -0.39 is 0 Å². The normalized spacial score (nSPS) is 15.1. The van der Waals surface area contributed by atoms with Gasteiger partial charge in [-0.15, -0.1) is 0 Å². The molecular formula is C24H32FN3O2. The van der Waals surface area contributed by atoms with Crippen molar-refractivity contribution in [2.45, 2.75) is 26.2 Å². The maximum atomic E-state index is 13.1. The van der Waals surface area contributed by atoms with Gasteiger partial charge in [0.2, 0.25) is 0 Å². The molecule has 0 saturated carbocycles. The number of nitrogens with one attached hydrogen (secondary N) is 1. The first-order chi connectivity index (χ1) is 14.3.